The molecule has 3 N–H and O–H groups in total. The number of rotatable bonds is 4. The zero-order valence-electron chi connectivity index (χ0n) is 12.5. The number of hydrogen-bond acceptors (Lipinski definition) is 4. The average Bonchev–Trinajstić information content (AvgIpc) is 2.96. The molecule has 1 fully saturated rings. The third-order valence-corrected chi connectivity index (χ3v) is 4.16. The maximum atomic E-state index is 12.8. The number of oxime groups is 1. The van der Waals surface area contributed by atoms with Crippen LogP contribution >= 0.6 is 0 Å². The Balaban J connectivity index is 2.17. The number of pyridine rings is 1. The zero-order chi connectivity index (χ0) is 15.5. The van der Waals surface area contributed by atoms with E-state index in [9.17, 15) is 4.79 Å². The summed E-state index contributed by atoms with van der Waals surface area (Å²) in [6.45, 7) is 2.33. The lowest BCUT2D eigenvalue weighted by atomic mass is 9.83. The molecular weight excluding hydrogens is 268 g/mol. The largest absolute Gasteiger partial charge is 0.409 e. The van der Waals surface area contributed by atoms with Crippen molar-refractivity contribution in [3.05, 3.63) is 29.6 Å². The molecule has 114 valence electrons. The van der Waals surface area contributed by atoms with E-state index < -0.39 is 5.41 Å². The lowest BCUT2D eigenvalue weighted by Crippen LogP contribution is -2.48. The van der Waals surface area contributed by atoms with E-state index in [0.717, 1.165) is 24.2 Å². The van der Waals surface area contributed by atoms with Crippen molar-refractivity contribution in [2.24, 2.45) is 16.3 Å². The van der Waals surface area contributed by atoms with Crippen LogP contribution in [0.25, 0.3) is 0 Å². The van der Waals surface area contributed by atoms with Gasteiger partial charge >= 0.3 is 0 Å². The Kier molecular flexibility index (Phi) is 4.45. The number of aryl methyl sites for hydroxylation is 1. The van der Waals surface area contributed by atoms with Gasteiger partial charge in [0.1, 0.15) is 5.41 Å². The van der Waals surface area contributed by atoms with Gasteiger partial charge < -0.3 is 15.8 Å². The molecule has 0 spiro atoms. The van der Waals surface area contributed by atoms with E-state index >= 15 is 0 Å². The molecular formula is C15H22N4O2. The van der Waals surface area contributed by atoms with Crippen molar-refractivity contribution in [1.82, 2.24) is 9.88 Å². The smallest absolute Gasteiger partial charge is 0.236 e. The van der Waals surface area contributed by atoms with E-state index in [2.05, 4.69) is 10.1 Å². The van der Waals surface area contributed by atoms with Gasteiger partial charge in [0, 0.05) is 12.7 Å². The third-order valence-electron chi connectivity index (χ3n) is 4.16. The molecule has 0 aliphatic heterocycles. The minimum Gasteiger partial charge on any atom is -0.409 e. The molecule has 1 aromatic heterocycles. The van der Waals surface area contributed by atoms with Crippen molar-refractivity contribution in [3.63, 3.8) is 0 Å². The van der Waals surface area contributed by atoms with Crippen molar-refractivity contribution >= 4 is 11.7 Å². The summed E-state index contributed by atoms with van der Waals surface area (Å²) >= 11 is 0. The maximum Gasteiger partial charge on any atom is 0.236 e. The van der Waals surface area contributed by atoms with Gasteiger partial charge in [-0.2, -0.15) is 0 Å². The number of carbonyl (C=O) groups is 1. The molecule has 0 saturated heterocycles. The lowest BCUT2D eigenvalue weighted by Gasteiger charge is -2.31. The van der Waals surface area contributed by atoms with E-state index in [4.69, 9.17) is 10.9 Å². The monoisotopic (exact) mass is 290 g/mol. The summed E-state index contributed by atoms with van der Waals surface area (Å²) < 4.78 is 0. The lowest BCUT2D eigenvalue weighted by molar-refractivity contribution is -0.137. The van der Waals surface area contributed by atoms with Gasteiger partial charge in [-0.15, -0.1) is 0 Å². The summed E-state index contributed by atoms with van der Waals surface area (Å²) in [6.07, 6.45) is 3.09. The van der Waals surface area contributed by atoms with E-state index in [1.54, 1.807) is 11.9 Å². The van der Waals surface area contributed by atoms with Crippen molar-refractivity contribution in [3.8, 4) is 0 Å². The summed E-state index contributed by atoms with van der Waals surface area (Å²) in [5, 5.41) is 12.1. The summed E-state index contributed by atoms with van der Waals surface area (Å²) in [4.78, 5) is 18.8. The molecule has 0 radical (unpaired) electrons. The molecule has 0 atom stereocenters. The van der Waals surface area contributed by atoms with Crippen molar-refractivity contribution in [1.29, 1.82) is 0 Å². The van der Waals surface area contributed by atoms with Gasteiger partial charge in [-0.05, 0) is 31.9 Å². The first-order valence-electron chi connectivity index (χ1n) is 7.16. The van der Waals surface area contributed by atoms with Crippen molar-refractivity contribution in [2.45, 2.75) is 39.2 Å². The fourth-order valence-electron chi connectivity index (χ4n) is 3.02. The van der Waals surface area contributed by atoms with E-state index in [1.165, 1.54) is 0 Å². The number of nitrogens with two attached hydrogens (primary N) is 1. The first-order valence-corrected chi connectivity index (χ1v) is 7.16. The molecule has 1 heterocycles. The predicted molar refractivity (Wildman–Crippen MR) is 79.8 cm³/mol. The SMILES string of the molecule is Cc1cccc(CN(C)C(=O)C2(/C(N)=N/O)CCCC2)n1. The van der Waals surface area contributed by atoms with Crippen LogP contribution < -0.4 is 5.73 Å². The number of carbonyl (C=O) groups excluding carboxylic acids is 1. The van der Waals surface area contributed by atoms with Crippen LogP contribution in [0, 0.1) is 12.3 Å². The molecule has 21 heavy (non-hydrogen) atoms. The molecule has 2 rings (SSSR count). The number of amidine groups is 1. The summed E-state index contributed by atoms with van der Waals surface area (Å²) in [7, 11) is 1.73. The fourth-order valence-corrected chi connectivity index (χ4v) is 3.02. The van der Waals surface area contributed by atoms with Crippen LogP contribution in [0.4, 0.5) is 0 Å². The van der Waals surface area contributed by atoms with Crippen LogP contribution in [-0.4, -0.2) is 33.9 Å². The van der Waals surface area contributed by atoms with Gasteiger partial charge in [-0.1, -0.05) is 24.1 Å². The molecule has 1 saturated carbocycles. The highest BCUT2D eigenvalue weighted by atomic mass is 16.4. The molecule has 0 unspecified atom stereocenters. The number of aromatic nitrogens is 1. The predicted octanol–water partition coefficient (Wildman–Crippen LogP) is 1.66. The fraction of sp³-hybridized carbons (Fsp3) is 0.533. The summed E-state index contributed by atoms with van der Waals surface area (Å²) in [5.74, 6) is -0.0762. The van der Waals surface area contributed by atoms with Crippen molar-refractivity contribution < 1.29 is 10.0 Å². The molecule has 0 bridgehead atoms. The van der Waals surface area contributed by atoms with Crippen LogP contribution in [0.3, 0.4) is 0 Å². The summed E-state index contributed by atoms with van der Waals surface area (Å²) in [6, 6.07) is 5.73. The van der Waals surface area contributed by atoms with Crippen LogP contribution in [0.15, 0.2) is 23.4 Å². The topological polar surface area (TPSA) is 91.8 Å². The molecule has 0 aromatic carbocycles. The Morgan fingerprint density at radius 2 is 2.14 bits per heavy atom. The number of nitrogens with zero attached hydrogens (tertiary/aromatic N) is 3. The van der Waals surface area contributed by atoms with Gasteiger partial charge in [0.25, 0.3) is 0 Å². The molecule has 1 amide bonds. The first-order chi connectivity index (χ1) is 9.99. The average molecular weight is 290 g/mol. The maximum absolute atomic E-state index is 12.8. The van der Waals surface area contributed by atoms with Gasteiger partial charge in [0.15, 0.2) is 5.84 Å². The number of hydrogen-bond donors (Lipinski definition) is 2. The Morgan fingerprint density at radius 1 is 1.48 bits per heavy atom. The minimum absolute atomic E-state index is 0.0223. The second-order valence-corrected chi connectivity index (χ2v) is 5.71. The molecule has 6 heteroatoms. The van der Waals surface area contributed by atoms with Crippen molar-refractivity contribution in [2.75, 3.05) is 7.05 Å². The van der Waals surface area contributed by atoms with Gasteiger partial charge in [-0.25, -0.2) is 0 Å². The standard InChI is InChI=1S/C15H22N4O2/c1-11-6-5-7-12(17-11)10-19(2)14(20)15(13(16)18-21)8-3-4-9-15/h5-7,21H,3-4,8-10H2,1-2H3,(H2,16,18). The van der Waals surface area contributed by atoms with E-state index in [-0.39, 0.29) is 11.7 Å². The zero-order valence-corrected chi connectivity index (χ0v) is 12.5. The van der Waals surface area contributed by atoms with Gasteiger partial charge in [0.05, 0.1) is 12.2 Å². The third kappa shape index (κ3) is 2.99. The number of amides is 1. The molecule has 1 aliphatic carbocycles. The minimum atomic E-state index is -0.854. The Morgan fingerprint density at radius 3 is 2.71 bits per heavy atom. The Labute approximate surface area is 124 Å². The Hall–Kier alpha value is -2.11. The van der Waals surface area contributed by atoms with Gasteiger partial charge in [0.2, 0.25) is 5.91 Å². The van der Waals surface area contributed by atoms with Crippen LogP contribution in [0.2, 0.25) is 0 Å². The van der Waals surface area contributed by atoms with Gasteiger partial charge in [-0.3, -0.25) is 9.78 Å². The second-order valence-electron chi connectivity index (χ2n) is 5.71. The molecule has 6 nitrogen and oxygen atoms in total. The van der Waals surface area contributed by atoms with Crippen LogP contribution in [0.5, 0.6) is 0 Å². The highest BCUT2D eigenvalue weighted by Crippen LogP contribution is 2.40. The van der Waals surface area contributed by atoms with E-state index in [0.29, 0.717) is 19.4 Å². The first kappa shape index (κ1) is 15.3. The highest BCUT2D eigenvalue weighted by molar-refractivity contribution is 6.06. The summed E-state index contributed by atoms with van der Waals surface area (Å²) in [5.41, 5.74) is 6.70. The normalized spacial score (nSPS) is 17.7. The molecule has 1 aromatic rings. The van der Waals surface area contributed by atoms with Crippen LogP contribution in [0.1, 0.15) is 37.1 Å². The Bertz CT molecular complexity index is 550. The second kappa shape index (κ2) is 6.11. The van der Waals surface area contributed by atoms with E-state index in [1.807, 2.05) is 25.1 Å². The highest BCUT2D eigenvalue weighted by Gasteiger charge is 2.46. The quantitative estimate of drug-likeness (QED) is 0.382. The molecule has 1 aliphatic rings. The van der Waals surface area contributed by atoms with Crippen LogP contribution in [-0.2, 0) is 11.3 Å².